The summed E-state index contributed by atoms with van der Waals surface area (Å²) >= 11 is 5.91. The van der Waals surface area contributed by atoms with Crippen molar-refractivity contribution in [3.63, 3.8) is 0 Å². The van der Waals surface area contributed by atoms with E-state index in [1.54, 1.807) is 0 Å². The number of piperidine rings is 1. The minimum atomic E-state index is 0.0794. The lowest BCUT2D eigenvalue weighted by molar-refractivity contribution is 0.279. The van der Waals surface area contributed by atoms with E-state index >= 15 is 0 Å². The molecular weight excluding hydrogens is 222 g/mol. The molecule has 0 bridgehead atoms. The summed E-state index contributed by atoms with van der Waals surface area (Å²) in [5.41, 5.74) is 2.21. The molecule has 0 aromatic heterocycles. The normalized spacial score (nSPS) is 21.0. The monoisotopic (exact) mass is 239 g/mol. The molecule has 1 fully saturated rings. The number of aliphatic hydroxyl groups excluding tert-OH is 1. The van der Waals surface area contributed by atoms with Crippen molar-refractivity contribution in [2.75, 3.05) is 13.1 Å². The predicted molar refractivity (Wildman–Crippen MR) is 66.7 cm³/mol. The van der Waals surface area contributed by atoms with Gasteiger partial charge in [-0.3, -0.25) is 0 Å². The van der Waals surface area contributed by atoms with Gasteiger partial charge in [0.2, 0.25) is 0 Å². The molecule has 0 saturated carbocycles. The first-order valence-corrected chi connectivity index (χ1v) is 6.26. The van der Waals surface area contributed by atoms with Crippen molar-refractivity contribution in [2.45, 2.75) is 25.9 Å². The van der Waals surface area contributed by atoms with Crippen LogP contribution in [-0.2, 0) is 13.0 Å². The number of aliphatic hydroxyl groups is 1. The molecule has 1 saturated heterocycles. The van der Waals surface area contributed by atoms with Crippen LogP contribution >= 0.6 is 11.6 Å². The van der Waals surface area contributed by atoms with E-state index in [1.165, 1.54) is 18.4 Å². The number of benzene rings is 1. The van der Waals surface area contributed by atoms with E-state index < -0.39 is 0 Å². The third-order valence-corrected chi connectivity index (χ3v) is 3.48. The van der Waals surface area contributed by atoms with Crippen LogP contribution in [0.25, 0.3) is 0 Å². The van der Waals surface area contributed by atoms with Gasteiger partial charge >= 0.3 is 0 Å². The fourth-order valence-corrected chi connectivity index (χ4v) is 2.54. The Bertz CT molecular complexity index is 348. The molecule has 2 rings (SSSR count). The minimum Gasteiger partial charge on any atom is -0.392 e. The second kappa shape index (κ2) is 5.67. The summed E-state index contributed by atoms with van der Waals surface area (Å²) in [6.45, 7) is 2.31. The summed E-state index contributed by atoms with van der Waals surface area (Å²) in [6.07, 6.45) is 3.58. The molecule has 1 aromatic rings. The third-order valence-electron chi connectivity index (χ3n) is 3.25. The maximum atomic E-state index is 9.30. The van der Waals surface area contributed by atoms with Gasteiger partial charge in [-0.25, -0.2) is 0 Å². The van der Waals surface area contributed by atoms with Gasteiger partial charge in [-0.05, 0) is 61.5 Å². The molecule has 1 aliphatic heterocycles. The maximum Gasteiger partial charge on any atom is 0.0685 e. The van der Waals surface area contributed by atoms with Gasteiger partial charge in [0.15, 0.2) is 0 Å². The van der Waals surface area contributed by atoms with Crippen molar-refractivity contribution in [3.05, 3.63) is 34.3 Å². The van der Waals surface area contributed by atoms with E-state index in [0.717, 1.165) is 25.1 Å². The van der Waals surface area contributed by atoms with E-state index in [2.05, 4.69) is 5.32 Å². The van der Waals surface area contributed by atoms with Crippen molar-refractivity contribution in [3.8, 4) is 0 Å². The first-order valence-electron chi connectivity index (χ1n) is 5.88. The molecule has 16 heavy (non-hydrogen) atoms. The summed E-state index contributed by atoms with van der Waals surface area (Å²) in [7, 11) is 0. The van der Waals surface area contributed by atoms with Crippen LogP contribution < -0.4 is 5.32 Å². The van der Waals surface area contributed by atoms with Gasteiger partial charge in [0.25, 0.3) is 0 Å². The highest BCUT2D eigenvalue weighted by Crippen LogP contribution is 2.22. The zero-order valence-corrected chi connectivity index (χ0v) is 10.1. The molecule has 1 heterocycles. The van der Waals surface area contributed by atoms with E-state index in [9.17, 15) is 5.11 Å². The van der Waals surface area contributed by atoms with Crippen molar-refractivity contribution in [1.82, 2.24) is 5.32 Å². The van der Waals surface area contributed by atoms with Crippen LogP contribution in [0.1, 0.15) is 24.0 Å². The van der Waals surface area contributed by atoms with Gasteiger partial charge in [0, 0.05) is 5.02 Å². The first-order chi connectivity index (χ1) is 7.79. The third kappa shape index (κ3) is 2.97. The van der Waals surface area contributed by atoms with Crippen molar-refractivity contribution in [1.29, 1.82) is 0 Å². The highest BCUT2D eigenvalue weighted by atomic mass is 35.5. The number of halogens is 1. The highest BCUT2D eigenvalue weighted by Gasteiger charge is 2.15. The Morgan fingerprint density at radius 3 is 2.94 bits per heavy atom. The minimum absolute atomic E-state index is 0.0794. The van der Waals surface area contributed by atoms with Crippen LogP contribution in [0, 0.1) is 5.92 Å². The zero-order valence-electron chi connectivity index (χ0n) is 9.38. The molecule has 2 N–H and O–H groups in total. The molecule has 1 unspecified atom stereocenters. The smallest absolute Gasteiger partial charge is 0.0685 e. The molecule has 0 radical (unpaired) electrons. The predicted octanol–water partition coefficient (Wildman–Crippen LogP) is 2.37. The molecule has 0 spiro atoms. The Balaban J connectivity index is 2.07. The summed E-state index contributed by atoms with van der Waals surface area (Å²) in [6, 6.07) is 5.82. The topological polar surface area (TPSA) is 32.3 Å². The molecule has 3 heteroatoms. The lowest BCUT2D eigenvalue weighted by Gasteiger charge is -2.23. The van der Waals surface area contributed by atoms with Gasteiger partial charge in [-0.2, -0.15) is 0 Å². The van der Waals surface area contributed by atoms with Crippen LogP contribution in [0.5, 0.6) is 0 Å². The van der Waals surface area contributed by atoms with Crippen LogP contribution in [0.4, 0.5) is 0 Å². The Hall–Kier alpha value is -0.570. The molecular formula is C13H18ClNO. The number of nitrogens with one attached hydrogen (secondary N) is 1. The van der Waals surface area contributed by atoms with Crippen molar-refractivity contribution >= 4 is 11.6 Å². The SMILES string of the molecule is OCc1cc(Cl)ccc1CC1CCCNC1. The maximum absolute atomic E-state index is 9.30. The second-order valence-corrected chi connectivity index (χ2v) is 4.92. The largest absolute Gasteiger partial charge is 0.392 e. The van der Waals surface area contributed by atoms with Gasteiger partial charge in [-0.15, -0.1) is 0 Å². The summed E-state index contributed by atoms with van der Waals surface area (Å²) in [5, 5.41) is 13.4. The van der Waals surface area contributed by atoms with Gasteiger partial charge in [0.05, 0.1) is 6.61 Å². The van der Waals surface area contributed by atoms with Crippen molar-refractivity contribution in [2.24, 2.45) is 5.92 Å². The fraction of sp³-hybridized carbons (Fsp3) is 0.538. The second-order valence-electron chi connectivity index (χ2n) is 4.49. The van der Waals surface area contributed by atoms with Crippen LogP contribution in [0.2, 0.25) is 5.02 Å². The molecule has 1 aromatic carbocycles. The number of rotatable bonds is 3. The molecule has 2 nitrogen and oxygen atoms in total. The summed E-state index contributed by atoms with van der Waals surface area (Å²) < 4.78 is 0. The molecule has 0 amide bonds. The first kappa shape index (κ1) is 11.9. The standard InChI is InChI=1S/C13H18ClNO/c14-13-4-3-11(12(7-13)9-16)6-10-2-1-5-15-8-10/h3-4,7,10,15-16H,1-2,5-6,8-9H2. The Labute approximate surface area is 102 Å². The van der Waals surface area contributed by atoms with Gasteiger partial charge in [0.1, 0.15) is 0 Å². The van der Waals surface area contributed by atoms with Crippen LogP contribution in [0.3, 0.4) is 0 Å². The lowest BCUT2D eigenvalue weighted by atomic mass is 9.90. The molecule has 1 aliphatic rings. The Kier molecular flexibility index (Phi) is 4.22. The zero-order chi connectivity index (χ0) is 11.4. The number of hydrogen-bond acceptors (Lipinski definition) is 2. The van der Waals surface area contributed by atoms with E-state index in [1.807, 2.05) is 18.2 Å². The molecule has 1 atom stereocenters. The molecule has 88 valence electrons. The van der Waals surface area contributed by atoms with Gasteiger partial charge in [-0.1, -0.05) is 17.7 Å². The summed E-state index contributed by atoms with van der Waals surface area (Å²) in [4.78, 5) is 0. The van der Waals surface area contributed by atoms with E-state index in [0.29, 0.717) is 10.9 Å². The van der Waals surface area contributed by atoms with E-state index in [4.69, 9.17) is 11.6 Å². The highest BCUT2D eigenvalue weighted by molar-refractivity contribution is 6.30. The fourth-order valence-electron chi connectivity index (χ4n) is 2.35. The quantitative estimate of drug-likeness (QED) is 0.849. The Morgan fingerprint density at radius 2 is 2.25 bits per heavy atom. The van der Waals surface area contributed by atoms with Crippen LogP contribution in [0.15, 0.2) is 18.2 Å². The van der Waals surface area contributed by atoms with E-state index in [-0.39, 0.29) is 6.61 Å². The van der Waals surface area contributed by atoms with Crippen LogP contribution in [-0.4, -0.2) is 18.2 Å². The Morgan fingerprint density at radius 1 is 1.38 bits per heavy atom. The number of hydrogen-bond donors (Lipinski definition) is 2. The average Bonchev–Trinajstić information content (AvgIpc) is 2.33. The average molecular weight is 240 g/mol. The molecule has 0 aliphatic carbocycles. The lowest BCUT2D eigenvalue weighted by Crippen LogP contribution is -2.31. The van der Waals surface area contributed by atoms with Crippen molar-refractivity contribution < 1.29 is 5.11 Å². The van der Waals surface area contributed by atoms with Gasteiger partial charge < -0.3 is 10.4 Å². The summed E-state index contributed by atoms with van der Waals surface area (Å²) in [5.74, 6) is 0.695.